The molecule has 16 heavy (non-hydrogen) atoms. The van der Waals surface area contributed by atoms with Crippen LogP contribution in [0.15, 0.2) is 0 Å². The monoisotopic (exact) mass is 244 g/mol. The van der Waals surface area contributed by atoms with Crippen molar-refractivity contribution in [1.29, 1.82) is 0 Å². The largest absolute Gasteiger partial charge is 0.342 e. The molecule has 0 aliphatic carbocycles. The number of hydrogen-bond acceptors (Lipinski definition) is 3. The van der Waals surface area contributed by atoms with Gasteiger partial charge in [-0.15, -0.1) is 11.8 Å². The normalized spacial score (nSPS) is 23.6. The van der Waals surface area contributed by atoms with Gasteiger partial charge in [0.25, 0.3) is 0 Å². The first kappa shape index (κ1) is 13.8. The van der Waals surface area contributed by atoms with Crippen molar-refractivity contribution in [2.45, 2.75) is 44.9 Å². The van der Waals surface area contributed by atoms with Crippen LogP contribution in [-0.4, -0.2) is 40.4 Å². The van der Waals surface area contributed by atoms with E-state index in [4.69, 9.17) is 5.73 Å². The van der Waals surface area contributed by atoms with Gasteiger partial charge in [0.15, 0.2) is 0 Å². The molecular formula is C12H24N2OS. The SMILES string of the molecule is CC(N)C1CCN(C(=O)CSC(C)(C)C)C1. The number of carbonyl (C=O) groups excluding carboxylic acids is 1. The Kier molecular flexibility index (Phi) is 4.68. The van der Waals surface area contributed by atoms with Crippen LogP contribution in [0.2, 0.25) is 0 Å². The van der Waals surface area contributed by atoms with Gasteiger partial charge in [-0.25, -0.2) is 0 Å². The molecule has 1 saturated heterocycles. The van der Waals surface area contributed by atoms with Gasteiger partial charge in [0, 0.05) is 23.9 Å². The molecule has 2 unspecified atom stereocenters. The molecule has 1 heterocycles. The number of carbonyl (C=O) groups is 1. The quantitative estimate of drug-likeness (QED) is 0.822. The second kappa shape index (κ2) is 5.41. The van der Waals surface area contributed by atoms with Crippen molar-refractivity contribution in [1.82, 2.24) is 4.90 Å². The van der Waals surface area contributed by atoms with Gasteiger partial charge in [0.1, 0.15) is 0 Å². The van der Waals surface area contributed by atoms with Crippen molar-refractivity contribution in [2.75, 3.05) is 18.8 Å². The Morgan fingerprint density at radius 1 is 1.56 bits per heavy atom. The van der Waals surface area contributed by atoms with Gasteiger partial charge in [0.2, 0.25) is 5.91 Å². The summed E-state index contributed by atoms with van der Waals surface area (Å²) in [6.45, 7) is 10.2. The summed E-state index contributed by atoms with van der Waals surface area (Å²) in [7, 11) is 0. The predicted molar refractivity (Wildman–Crippen MR) is 70.5 cm³/mol. The van der Waals surface area contributed by atoms with Gasteiger partial charge >= 0.3 is 0 Å². The number of thioether (sulfide) groups is 1. The second-order valence-corrected chi connectivity index (χ2v) is 7.45. The van der Waals surface area contributed by atoms with Gasteiger partial charge in [0.05, 0.1) is 5.75 Å². The third-order valence-corrected chi connectivity index (χ3v) is 4.21. The zero-order valence-corrected chi connectivity index (χ0v) is 11.6. The standard InChI is InChI=1S/C12H24N2OS/c1-9(13)10-5-6-14(7-10)11(15)8-16-12(2,3)4/h9-10H,5-8,13H2,1-4H3. The zero-order valence-electron chi connectivity index (χ0n) is 10.8. The summed E-state index contributed by atoms with van der Waals surface area (Å²) in [5, 5.41) is 0. The van der Waals surface area contributed by atoms with Crippen molar-refractivity contribution < 1.29 is 4.79 Å². The molecule has 0 bridgehead atoms. The van der Waals surface area contributed by atoms with Crippen LogP contribution < -0.4 is 5.73 Å². The molecule has 1 aliphatic heterocycles. The highest BCUT2D eigenvalue weighted by Gasteiger charge is 2.28. The van der Waals surface area contributed by atoms with Gasteiger partial charge in [-0.1, -0.05) is 20.8 Å². The number of hydrogen-bond donors (Lipinski definition) is 1. The van der Waals surface area contributed by atoms with Crippen LogP contribution in [0.1, 0.15) is 34.1 Å². The van der Waals surface area contributed by atoms with E-state index in [1.807, 2.05) is 11.8 Å². The Hall–Kier alpha value is -0.220. The molecule has 1 aliphatic rings. The lowest BCUT2D eigenvalue weighted by Crippen LogP contribution is -2.34. The fraction of sp³-hybridized carbons (Fsp3) is 0.917. The van der Waals surface area contributed by atoms with E-state index in [1.54, 1.807) is 11.8 Å². The molecule has 4 heteroatoms. The third kappa shape index (κ3) is 4.34. The summed E-state index contributed by atoms with van der Waals surface area (Å²) in [5.74, 6) is 1.35. The van der Waals surface area contributed by atoms with E-state index < -0.39 is 0 Å². The van der Waals surface area contributed by atoms with E-state index in [1.165, 1.54) is 0 Å². The average molecular weight is 244 g/mol. The van der Waals surface area contributed by atoms with E-state index in [-0.39, 0.29) is 16.7 Å². The third-order valence-electron chi connectivity index (χ3n) is 2.95. The van der Waals surface area contributed by atoms with Crippen molar-refractivity contribution in [3.63, 3.8) is 0 Å². The maximum atomic E-state index is 11.9. The van der Waals surface area contributed by atoms with Gasteiger partial charge in [-0.05, 0) is 19.3 Å². The lowest BCUT2D eigenvalue weighted by atomic mass is 10.0. The van der Waals surface area contributed by atoms with Gasteiger partial charge < -0.3 is 10.6 Å². The first-order chi connectivity index (χ1) is 7.29. The summed E-state index contributed by atoms with van der Waals surface area (Å²) in [4.78, 5) is 13.9. The van der Waals surface area contributed by atoms with E-state index in [2.05, 4.69) is 20.8 Å². The number of amides is 1. The molecule has 1 amide bonds. The number of nitrogens with zero attached hydrogens (tertiary/aromatic N) is 1. The highest BCUT2D eigenvalue weighted by atomic mass is 32.2. The van der Waals surface area contributed by atoms with E-state index in [0.29, 0.717) is 11.7 Å². The lowest BCUT2D eigenvalue weighted by Gasteiger charge is -2.21. The number of rotatable bonds is 3. The van der Waals surface area contributed by atoms with E-state index in [9.17, 15) is 4.79 Å². The summed E-state index contributed by atoms with van der Waals surface area (Å²) in [6.07, 6.45) is 1.06. The fourth-order valence-electron chi connectivity index (χ4n) is 1.81. The molecular weight excluding hydrogens is 220 g/mol. The molecule has 0 spiro atoms. The molecule has 0 saturated carbocycles. The topological polar surface area (TPSA) is 46.3 Å². The smallest absolute Gasteiger partial charge is 0.232 e. The molecule has 0 aromatic carbocycles. The summed E-state index contributed by atoms with van der Waals surface area (Å²) < 4.78 is 0.163. The zero-order chi connectivity index (χ0) is 12.3. The molecule has 1 rings (SSSR count). The Morgan fingerprint density at radius 3 is 2.62 bits per heavy atom. The number of likely N-dealkylation sites (tertiary alicyclic amines) is 1. The Morgan fingerprint density at radius 2 is 2.19 bits per heavy atom. The van der Waals surface area contributed by atoms with Crippen LogP contribution in [0.4, 0.5) is 0 Å². The van der Waals surface area contributed by atoms with E-state index >= 15 is 0 Å². The highest BCUT2D eigenvalue weighted by Crippen LogP contribution is 2.25. The Labute approximate surface area is 103 Å². The average Bonchev–Trinajstić information content (AvgIpc) is 2.61. The van der Waals surface area contributed by atoms with Crippen LogP contribution in [0, 0.1) is 5.92 Å². The van der Waals surface area contributed by atoms with E-state index in [0.717, 1.165) is 19.5 Å². The molecule has 2 atom stereocenters. The van der Waals surface area contributed by atoms with Crippen LogP contribution in [0.3, 0.4) is 0 Å². The molecule has 94 valence electrons. The van der Waals surface area contributed by atoms with Crippen molar-refractivity contribution in [2.24, 2.45) is 11.7 Å². The summed E-state index contributed by atoms with van der Waals surface area (Å²) in [6, 6.07) is 0.202. The van der Waals surface area contributed by atoms with Crippen molar-refractivity contribution in [3.8, 4) is 0 Å². The molecule has 1 fully saturated rings. The molecule has 0 aromatic heterocycles. The summed E-state index contributed by atoms with van der Waals surface area (Å²) in [5.41, 5.74) is 5.86. The molecule has 0 aromatic rings. The van der Waals surface area contributed by atoms with Gasteiger partial charge in [-0.3, -0.25) is 4.79 Å². The lowest BCUT2D eigenvalue weighted by molar-refractivity contribution is -0.127. The maximum absolute atomic E-state index is 11.9. The van der Waals surface area contributed by atoms with Crippen LogP contribution >= 0.6 is 11.8 Å². The summed E-state index contributed by atoms with van der Waals surface area (Å²) >= 11 is 1.72. The first-order valence-corrected chi connectivity index (χ1v) is 6.95. The molecule has 2 N–H and O–H groups in total. The Balaban J connectivity index is 2.34. The predicted octanol–water partition coefficient (Wildman–Crippen LogP) is 1.71. The van der Waals surface area contributed by atoms with Crippen molar-refractivity contribution in [3.05, 3.63) is 0 Å². The van der Waals surface area contributed by atoms with Crippen LogP contribution in [0.5, 0.6) is 0 Å². The second-order valence-electron chi connectivity index (χ2n) is 5.65. The fourth-order valence-corrected chi connectivity index (χ4v) is 2.55. The van der Waals surface area contributed by atoms with Gasteiger partial charge in [-0.2, -0.15) is 0 Å². The molecule has 0 radical (unpaired) electrons. The maximum Gasteiger partial charge on any atom is 0.232 e. The first-order valence-electron chi connectivity index (χ1n) is 5.97. The van der Waals surface area contributed by atoms with Crippen LogP contribution in [0.25, 0.3) is 0 Å². The van der Waals surface area contributed by atoms with Crippen LogP contribution in [-0.2, 0) is 4.79 Å². The minimum absolute atomic E-state index is 0.163. The molecule has 3 nitrogen and oxygen atoms in total. The van der Waals surface area contributed by atoms with Crippen molar-refractivity contribution >= 4 is 17.7 Å². The highest BCUT2D eigenvalue weighted by molar-refractivity contribution is 8.01. The number of nitrogens with two attached hydrogens (primary N) is 1. The minimum atomic E-state index is 0.163. The Bertz CT molecular complexity index is 248. The minimum Gasteiger partial charge on any atom is -0.342 e.